The van der Waals surface area contributed by atoms with E-state index in [2.05, 4.69) is 0 Å². The molecule has 0 aromatic carbocycles. The van der Waals surface area contributed by atoms with E-state index in [1.807, 2.05) is 17.9 Å². The molecule has 3 rings (SSSR count). The number of nitrogens with zero attached hydrogens (tertiary/aromatic N) is 3. The Morgan fingerprint density at radius 1 is 1.08 bits per heavy atom. The Labute approximate surface area is 153 Å². The van der Waals surface area contributed by atoms with Crippen molar-refractivity contribution < 1.29 is 14.3 Å². The fourth-order valence-electron chi connectivity index (χ4n) is 3.72. The van der Waals surface area contributed by atoms with Gasteiger partial charge < -0.3 is 19.1 Å². The molecule has 7 nitrogen and oxygen atoms in total. The minimum absolute atomic E-state index is 0.00406. The van der Waals surface area contributed by atoms with Crippen molar-refractivity contribution in [3.8, 4) is 5.75 Å². The second-order valence-corrected chi connectivity index (χ2v) is 7.32. The average molecular weight is 361 g/mol. The number of pyridine rings is 1. The predicted molar refractivity (Wildman–Crippen MR) is 97.0 cm³/mol. The van der Waals surface area contributed by atoms with Gasteiger partial charge in [-0.1, -0.05) is 0 Å². The number of carbonyl (C=O) groups excluding carboxylic acids is 2. The normalized spacial score (nSPS) is 21.1. The van der Waals surface area contributed by atoms with Crippen LogP contribution in [0.15, 0.2) is 16.9 Å². The molecule has 2 saturated heterocycles. The van der Waals surface area contributed by atoms with Crippen LogP contribution in [0, 0.1) is 12.8 Å². The third kappa shape index (κ3) is 3.92. The van der Waals surface area contributed by atoms with Crippen LogP contribution < -0.4 is 10.3 Å². The van der Waals surface area contributed by atoms with Gasteiger partial charge in [-0.15, -0.1) is 0 Å². The Bertz CT molecular complexity index is 750. The van der Waals surface area contributed by atoms with Gasteiger partial charge in [-0.3, -0.25) is 14.4 Å². The van der Waals surface area contributed by atoms with Gasteiger partial charge in [0.25, 0.3) is 5.56 Å². The highest BCUT2D eigenvalue weighted by molar-refractivity contribution is 5.80. The molecule has 2 aliphatic heterocycles. The molecule has 0 aliphatic carbocycles. The van der Waals surface area contributed by atoms with Gasteiger partial charge in [-0.25, -0.2) is 0 Å². The molecular formula is C19H27N3O4. The van der Waals surface area contributed by atoms with Crippen molar-refractivity contribution in [3.05, 3.63) is 28.2 Å². The van der Waals surface area contributed by atoms with E-state index in [-0.39, 0.29) is 29.4 Å². The first kappa shape index (κ1) is 18.5. The summed E-state index contributed by atoms with van der Waals surface area (Å²) in [7, 11) is 1.73. The molecule has 2 aliphatic rings. The Morgan fingerprint density at radius 2 is 1.73 bits per heavy atom. The lowest BCUT2D eigenvalue weighted by molar-refractivity contribution is -0.139. The number of rotatable bonds is 3. The molecular weight excluding hydrogens is 334 g/mol. The van der Waals surface area contributed by atoms with Crippen LogP contribution in [0.25, 0.3) is 0 Å². The lowest BCUT2D eigenvalue weighted by Gasteiger charge is -2.32. The molecule has 1 unspecified atom stereocenters. The van der Waals surface area contributed by atoms with Crippen molar-refractivity contribution in [2.75, 3.05) is 26.2 Å². The van der Waals surface area contributed by atoms with E-state index in [1.165, 1.54) is 6.07 Å². The summed E-state index contributed by atoms with van der Waals surface area (Å²) in [6, 6.07) is 3.35. The van der Waals surface area contributed by atoms with Crippen molar-refractivity contribution in [2.24, 2.45) is 13.0 Å². The maximum absolute atomic E-state index is 12.7. The molecule has 142 valence electrons. The maximum atomic E-state index is 12.7. The van der Waals surface area contributed by atoms with Crippen molar-refractivity contribution in [1.82, 2.24) is 14.4 Å². The molecule has 0 N–H and O–H groups in total. The number of carbonyl (C=O) groups is 2. The molecule has 2 amide bonds. The fraction of sp³-hybridized carbons (Fsp3) is 0.632. The van der Waals surface area contributed by atoms with Crippen LogP contribution in [-0.4, -0.2) is 58.5 Å². The first-order valence-corrected chi connectivity index (χ1v) is 9.24. The summed E-state index contributed by atoms with van der Waals surface area (Å²) in [5, 5.41) is 0. The number of aromatic nitrogens is 1. The fourth-order valence-corrected chi connectivity index (χ4v) is 3.72. The van der Waals surface area contributed by atoms with Crippen LogP contribution in [0.1, 0.15) is 31.9 Å². The van der Waals surface area contributed by atoms with Crippen molar-refractivity contribution in [3.63, 3.8) is 0 Å². The molecule has 0 bridgehead atoms. The summed E-state index contributed by atoms with van der Waals surface area (Å²) in [6.45, 7) is 5.99. The number of likely N-dealkylation sites (tertiary alicyclic amines) is 2. The number of hydrogen-bond acceptors (Lipinski definition) is 4. The van der Waals surface area contributed by atoms with E-state index in [9.17, 15) is 14.4 Å². The van der Waals surface area contributed by atoms with Gasteiger partial charge in [-0.2, -0.15) is 0 Å². The first-order chi connectivity index (χ1) is 12.3. The molecule has 0 radical (unpaired) electrons. The topological polar surface area (TPSA) is 71.9 Å². The molecule has 0 saturated carbocycles. The van der Waals surface area contributed by atoms with E-state index in [0.29, 0.717) is 31.9 Å². The lowest BCUT2D eigenvalue weighted by Crippen LogP contribution is -2.43. The number of hydrogen-bond donors (Lipinski definition) is 0. The minimum Gasteiger partial charge on any atom is -0.488 e. The zero-order chi connectivity index (χ0) is 18.8. The van der Waals surface area contributed by atoms with Gasteiger partial charge >= 0.3 is 0 Å². The molecule has 2 fully saturated rings. The number of amides is 2. The monoisotopic (exact) mass is 361 g/mol. The van der Waals surface area contributed by atoms with Crippen molar-refractivity contribution in [1.29, 1.82) is 0 Å². The smallest absolute Gasteiger partial charge is 0.254 e. The Hall–Kier alpha value is -2.31. The molecule has 3 heterocycles. The second kappa shape index (κ2) is 7.51. The van der Waals surface area contributed by atoms with E-state index in [1.54, 1.807) is 23.4 Å². The quantitative estimate of drug-likeness (QED) is 0.803. The third-order valence-electron chi connectivity index (χ3n) is 5.53. The highest BCUT2D eigenvalue weighted by Gasteiger charge is 2.34. The van der Waals surface area contributed by atoms with E-state index < -0.39 is 0 Å². The molecule has 26 heavy (non-hydrogen) atoms. The molecule has 1 aromatic rings. The predicted octanol–water partition coefficient (Wildman–Crippen LogP) is 0.932. The summed E-state index contributed by atoms with van der Waals surface area (Å²) in [4.78, 5) is 39.7. The highest BCUT2D eigenvalue weighted by atomic mass is 16.5. The number of ether oxygens (including phenoxy) is 1. The van der Waals surface area contributed by atoms with Crippen LogP contribution in [0.5, 0.6) is 5.75 Å². The zero-order valence-corrected chi connectivity index (χ0v) is 15.7. The zero-order valence-electron chi connectivity index (χ0n) is 15.7. The first-order valence-electron chi connectivity index (χ1n) is 9.24. The second-order valence-electron chi connectivity index (χ2n) is 7.32. The van der Waals surface area contributed by atoms with Gasteiger partial charge in [-0.05, 0) is 25.8 Å². The van der Waals surface area contributed by atoms with E-state index >= 15 is 0 Å². The average Bonchev–Trinajstić information content (AvgIpc) is 3.07. The van der Waals surface area contributed by atoms with Crippen LogP contribution in [0.2, 0.25) is 0 Å². The number of piperidine rings is 1. The maximum Gasteiger partial charge on any atom is 0.254 e. The summed E-state index contributed by atoms with van der Waals surface area (Å²) < 4.78 is 7.52. The van der Waals surface area contributed by atoms with Crippen molar-refractivity contribution >= 4 is 11.8 Å². The third-order valence-corrected chi connectivity index (χ3v) is 5.53. The molecule has 7 heteroatoms. The molecule has 0 spiro atoms. The van der Waals surface area contributed by atoms with Gasteiger partial charge in [0.05, 0.1) is 6.54 Å². The van der Waals surface area contributed by atoms with Crippen LogP contribution in [-0.2, 0) is 16.6 Å². The summed E-state index contributed by atoms with van der Waals surface area (Å²) >= 11 is 0. The Morgan fingerprint density at radius 3 is 2.35 bits per heavy atom. The van der Waals surface area contributed by atoms with Crippen LogP contribution >= 0.6 is 0 Å². The van der Waals surface area contributed by atoms with Gasteiger partial charge in [0.2, 0.25) is 11.8 Å². The Kier molecular flexibility index (Phi) is 5.34. The lowest BCUT2D eigenvalue weighted by atomic mass is 9.95. The van der Waals surface area contributed by atoms with Crippen LogP contribution in [0.3, 0.4) is 0 Å². The van der Waals surface area contributed by atoms with Crippen LogP contribution in [0.4, 0.5) is 0 Å². The largest absolute Gasteiger partial charge is 0.488 e. The summed E-state index contributed by atoms with van der Waals surface area (Å²) in [6.07, 6.45) is 2.15. The highest BCUT2D eigenvalue weighted by Crippen LogP contribution is 2.24. The Balaban J connectivity index is 1.55. The van der Waals surface area contributed by atoms with Gasteiger partial charge in [0.15, 0.2) is 0 Å². The molecule has 1 atom stereocenters. The summed E-state index contributed by atoms with van der Waals surface area (Å²) in [5.74, 6) is 0.810. The van der Waals surface area contributed by atoms with Crippen molar-refractivity contribution in [2.45, 2.75) is 39.2 Å². The summed E-state index contributed by atoms with van der Waals surface area (Å²) in [5.41, 5.74) is 0.749. The van der Waals surface area contributed by atoms with E-state index in [4.69, 9.17) is 4.74 Å². The number of aryl methyl sites for hydroxylation is 1. The SMILES string of the molecule is CC(=O)N1CCC(C(=O)N2CCC(Oc3cc(C)n(C)c(=O)c3)C2)CC1. The minimum atomic E-state index is -0.0943. The van der Waals surface area contributed by atoms with Gasteiger partial charge in [0, 0.05) is 57.7 Å². The standard InChI is InChI=1S/C19H27N3O4/c1-13-10-17(11-18(24)20(13)3)26-16-6-9-22(12-16)19(25)15-4-7-21(8-5-15)14(2)23/h10-11,15-16H,4-9,12H2,1-3H3. The van der Waals surface area contributed by atoms with Gasteiger partial charge in [0.1, 0.15) is 11.9 Å². The molecule has 1 aromatic heterocycles. The van der Waals surface area contributed by atoms with E-state index in [0.717, 1.165) is 25.0 Å².